The van der Waals surface area contributed by atoms with Crippen molar-refractivity contribution >= 4 is 22.4 Å². The van der Waals surface area contributed by atoms with Crippen LogP contribution in [0.25, 0.3) is 10.8 Å². The molecule has 2 heterocycles. The van der Waals surface area contributed by atoms with Gasteiger partial charge in [-0.3, -0.25) is 5.10 Å². The maximum Gasteiger partial charge on any atom is 0.229 e. The average Bonchev–Trinajstić information content (AvgIpc) is 3.10. The number of aromatic nitrogens is 3. The maximum atomic E-state index is 13.9. The SMILES string of the molecule is Fc1ccccc1Oc1nc(Nc2ccn[nH]2)cc2ccccc12. The van der Waals surface area contributed by atoms with Crippen molar-refractivity contribution in [1.29, 1.82) is 0 Å². The number of hydrogen-bond acceptors (Lipinski definition) is 4. The number of anilines is 2. The zero-order chi connectivity index (χ0) is 16.4. The third-order valence-corrected chi connectivity index (χ3v) is 3.51. The number of rotatable bonds is 4. The number of ether oxygens (including phenoxy) is 1. The second-order valence-electron chi connectivity index (χ2n) is 5.16. The summed E-state index contributed by atoms with van der Waals surface area (Å²) in [5, 5.41) is 11.5. The second kappa shape index (κ2) is 6.00. The number of halogens is 1. The van der Waals surface area contributed by atoms with E-state index < -0.39 is 5.82 Å². The van der Waals surface area contributed by atoms with Gasteiger partial charge in [0.15, 0.2) is 11.6 Å². The number of para-hydroxylation sites is 1. The Hall–Kier alpha value is -3.41. The Morgan fingerprint density at radius 3 is 2.67 bits per heavy atom. The van der Waals surface area contributed by atoms with Gasteiger partial charge in [0.25, 0.3) is 0 Å². The molecule has 4 rings (SSSR count). The lowest BCUT2D eigenvalue weighted by Gasteiger charge is -2.11. The molecule has 0 aliphatic rings. The van der Waals surface area contributed by atoms with E-state index in [1.54, 1.807) is 30.5 Å². The Kier molecular flexibility index (Phi) is 3.55. The van der Waals surface area contributed by atoms with Gasteiger partial charge in [0.05, 0.1) is 6.20 Å². The minimum atomic E-state index is -0.435. The topological polar surface area (TPSA) is 62.8 Å². The van der Waals surface area contributed by atoms with Crippen LogP contribution >= 0.6 is 0 Å². The molecule has 2 aromatic carbocycles. The van der Waals surface area contributed by atoms with Gasteiger partial charge >= 0.3 is 0 Å². The molecule has 2 aromatic heterocycles. The molecule has 0 unspecified atom stereocenters. The fraction of sp³-hybridized carbons (Fsp3) is 0. The van der Waals surface area contributed by atoms with E-state index in [9.17, 15) is 4.39 Å². The standard InChI is InChI=1S/C18H13FN4O/c19-14-7-3-4-8-15(14)24-18-13-6-2-1-5-12(13)11-17(22-18)21-16-9-10-20-23-16/h1-11H,(H2,20,21,22,23). The van der Waals surface area contributed by atoms with Gasteiger partial charge in [0.2, 0.25) is 5.88 Å². The highest BCUT2D eigenvalue weighted by Crippen LogP contribution is 2.31. The lowest BCUT2D eigenvalue weighted by atomic mass is 10.1. The predicted octanol–water partition coefficient (Wildman–Crippen LogP) is 4.63. The summed E-state index contributed by atoms with van der Waals surface area (Å²) in [5.41, 5.74) is 0. The predicted molar refractivity (Wildman–Crippen MR) is 90.1 cm³/mol. The number of nitrogens with zero attached hydrogens (tertiary/aromatic N) is 2. The van der Waals surface area contributed by atoms with E-state index in [0.717, 1.165) is 10.8 Å². The quantitative estimate of drug-likeness (QED) is 0.575. The molecule has 6 heteroatoms. The van der Waals surface area contributed by atoms with E-state index in [4.69, 9.17) is 4.74 Å². The highest BCUT2D eigenvalue weighted by Gasteiger charge is 2.11. The number of nitrogens with one attached hydrogen (secondary N) is 2. The fourth-order valence-electron chi connectivity index (χ4n) is 2.40. The number of fused-ring (bicyclic) bond motifs is 1. The van der Waals surface area contributed by atoms with Crippen LogP contribution in [0.1, 0.15) is 0 Å². The van der Waals surface area contributed by atoms with Gasteiger partial charge < -0.3 is 10.1 Å². The van der Waals surface area contributed by atoms with E-state index in [2.05, 4.69) is 20.5 Å². The Balaban J connectivity index is 1.79. The van der Waals surface area contributed by atoms with Gasteiger partial charge in [0.1, 0.15) is 11.6 Å². The minimum Gasteiger partial charge on any atom is -0.435 e. The van der Waals surface area contributed by atoms with Crippen molar-refractivity contribution in [2.75, 3.05) is 5.32 Å². The highest BCUT2D eigenvalue weighted by molar-refractivity contribution is 5.89. The Morgan fingerprint density at radius 1 is 1.00 bits per heavy atom. The zero-order valence-electron chi connectivity index (χ0n) is 12.5. The molecule has 5 nitrogen and oxygen atoms in total. The lowest BCUT2D eigenvalue weighted by molar-refractivity contribution is 0.433. The molecule has 2 N–H and O–H groups in total. The van der Waals surface area contributed by atoms with E-state index in [1.165, 1.54) is 6.07 Å². The summed E-state index contributed by atoms with van der Waals surface area (Å²) in [6.45, 7) is 0. The van der Waals surface area contributed by atoms with Crippen LogP contribution < -0.4 is 10.1 Å². The van der Waals surface area contributed by atoms with E-state index in [1.807, 2.05) is 30.3 Å². The summed E-state index contributed by atoms with van der Waals surface area (Å²) in [5.74, 6) is 1.31. The van der Waals surface area contributed by atoms with Crippen LogP contribution in [-0.2, 0) is 0 Å². The molecule has 24 heavy (non-hydrogen) atoms. The Labute approximate surface area is 137 Å². The molecule has 0 atom stereocenters. The molecule has 0 saturated carbocycles. The number of pyridine rings is 1. The zero-order valence-corrected chi connectivity index (χ0v) is 12.5. The lowest BCUT2D eigenvalue weighted by Crippen LogP contribution is -1.98. The smallest absolute Gasteiger partial charge is 0.229 e. The fourth-order valence-corrected chi connectivity index (χ4v) is 2.40. The van der Waals surface area contributed by atoms with Crippen molar-refractivity contribution in [3.63, 3.8) is 0 Å². The van der Waals surface area contributed by atoms with Crippen molar-refractivity contribution in [2.24, 2.45) is 0 Å². The molecule has 0 bridgehead atoms. The molecule has 0 amide bonds. The van der Waals surface area contributed by atoms with E-state index in [0.29, 0.717) is 17.5 Å². The van der Waals surface area contributed by atoms with Gasteiger partial charge in [-0.25, -0.2) is 4.39 Å². The van der Waals surface area contributed by atoms with Gasteiger partial charge in [-0.2, -0.15) is 10.1 Å². The minimum absolute atomic E-state index is 0.133. The first-order valence-electron chi connectivity index (χ1n) is 7.38. The number of benzene rings is 2. The maximum absolute atomic E-state index is 13.9. The van der Waals surface area contributed by atoms with Crippen molar-refractivity contribution in [2.45, 2.75) is 0 Å². The van der Waals surface area contributed by atoms with Gasteiger partial charge in [-0.05, 0) is 29.7 Å². The first kappa shape index (κ1) is 14.2. The van der Waals surface area contributed by atoms with Gasteiger partial charge in [0, 0.05) is 11.5 Å². The summed E-state index contributed by atoms with van der Waals surface area (Å²) >= 11 is 0. The molecule has 0 fully saturated rings. The Morgan fingerprint density at radius 2 is 1.83 bits per heavy atom. The summed E-state index contributed by atoms with van der Waals surface area (Å²) in [6.07, 6.45) is 1.64. The van der Waals surface area contributed by atoms with E-state index >= 15 is 0 Å². The Bertz CT molecular complexity index is 985. The van der Waals surface area contributed by atoms with Crippen LogP contribution in [0.4, 0.5) is 16.0 Å². The molecule has 0 spiro atoms. The normalized spacial score (nSPS) is 10.7. The van der Waals surface area contributed by atoms with Crippen LogP contribution in [0.5, 0.6) is 11.6 Å². The molecule has 0 aliphatic heterocycles. The van der Waals surface area contributed by atoms with E-state index in [-0.39, 0.29) is 5.75 Å². The average molecular weight is 320 g/mol. The summed E-state index contributed by atoms with van der Waals surface area (Å²) in [4.78, 5) is 4.46. The third-order valence-electron chi connectivity index (χ3n) is 3.51. The molecular formula is C18H13FN4O. The van der Waals surface area contributed by atoms with Crippen LogP contribution in [-0.4, -0.2) is 15.2 Å². The van der Waals surface area contributed by atoms with Crippen LogP contribution in [0.15, 0.2) is 66.9 Å². The van der Waals surface area contributed by atoms with Gasteiger partial charge in [-0.1, -0.05) is 30.3 Å². The molecule has 0 saturated heterocycles. The van der Waals surface area contributed by atoms with Crippen molar-refractivity contribution in [1.82, 2.24) is 15.2 Å². The first-order chi connectivity index (χ1) is 11.8. The number of aromatic amines is 1. The molecular weight excluding hydrogens is 307 g/mol. The summed E-state index contributed by atoms with van der Waals surface area (Å²) in [7, 11) is 0. The molecule has 118 valence electrons. The number of hydrogen-bond donors (Lipinski definition) is 2. The summed E-state index contributed by atoms with van der Waals surface area (Å²) in [6, 6.07) is 17.6. The molecule has 0 aliphatic carbocycles. The monoisotopic (exact) mass is 320 g/mol. The van der Waals surface area contributed by atoms with Crippen molar-refractivity contribution in [3.8, 4) is 11.6 Å². The van der Waals surface area contributed by atoms with Crippen LogP contribution in [0.2, 0.25) is 0 Å². The molecule has 4 aromatic rings. The highest BCUT2D eigenvalue weighted by atomic mass is 19.1. The third kappa shape index (κ3) is 2.77. The van der Waals surface area contributed by atoms with Crippen LogP contribution in [0.3, 0.4) is 0 Å². The molecule has 0 radical (unpaired) electrons. The van der Waals surface area contributed by atoms with Crippen molar-refractivity contribution in [3.05, 3.63) is 72.7 Å². The largest absolute Gasteiger partial charge is 0.435 e. The first-order valence-corrected chi connectivity index (χ1v) is 7.38. The van der Waals surface area contributed by atoms with Crippen LogP contribution in [0, 0.1) is 5.82 Å². The summed E-state index contributed by atoms with van der Waals surface area (Å²) < 4.78 is 19.6. The van der Waals surface area contributed by atoms with Crippen molar-refractivity contribution < 1.29 is 9.13 Å². The number of H-pyrrole nitrogens is 1. The second-order valence-corrected chi connectivity index (χ2v) is 5.16. The van der Waals surface area contributed by atoms with Gasteiger partial charge in [-0.15, -0.1) is 0 Å².